The Labute approximate surface area is 105 Å². The fourth-order valence-corrected chi connectivity index (χ4v) is 2.93. The van der Waals surface area contributed by atoms with Crippen molar-refractivity contribution in [2.24, 2.45) is 17.6 Å². The van der Waals surface area contributed by atoms with Crippen LogP contribution in [0, 0.1) is 11.8 Å². The van der Waals surface area contributed by atoms with Crippen molar-refractivity contribution < 1.29 is 0 Å². The predicted octanol–water partition coefficient (Wildman–Crippen LogP) is 2.67. The molecule has 0 aliphatic heterocycles. The van der Waals surface area contributed by atoms with E-state index >= 15 is 0 Å². The molecule has 2 heteroatoms. The van der Waals surface area contributed by atoms with Crippen molar-refractivity contribution in [1.29, 1.82) is 0 Å². The van der Waals surface area contributed by atoms with Gasteiger partial charge >= 0.3 is 0 Å². The zero-order valence-electron chi connectivity index (χ0n) is 11.0. The van der Waals surface area contributed by atoms with E-state index in [1.807, 2.05) is 0 Å². The number of hydrogen-bond acceptors (Lipinski definition) is 2. The molecule has 1 saturated carbocycles. The standard InChI is InChI=1S/C15H24N2/c1-17(2)15-8-6-12(7-9-15)10-13-4-3-5-14(13)11-16/h6-9,13-14H,3-5,10-11,16H2,1-2H3. The molecule has 1 fully saturated rings. The molecule has 17 heavy (non-hydrogen) atoms. The van der Waals surface area contributed by atoms with Crippen molar-refractivity contribution in [3.8, 4) is 0 Å². The van der Waals surface area contributed by atoms with Gasteiger partial charge in [0.05, 0.1) is 0 Å². The van der Waals surface area contributed by atoms with E-state index in [-0.39, 0.29) is 0 Å². The third-order valence-electron chi connectivity index (χ3n) is 4.07. The third kappa shape index (κ3) is 3.01. The Kier molecular flexibility index (Phi) is 4.06. The highest BCUT2D eigenvalue weighted by molar-refractivity contribution is 5.46. The van der Waals surface area contributed by atoms with Gasteiger partial charge in [-0.1, -0.05) is 18.6 Å². The molecular weight excluding hydrogens is 208 g/mol. The van der Waals surface area contributed by atoms with E-state index in [2.05, 4.69) is 43.3 Å². The fourth-order valence-electron chi connectivity index (χ4n) is 2.93. The minimum Gasteiger partial charge on any atom is -0.378 e. The highest BCUT2D eigenvalue weighted by Gasteiger charge is 2.25. The third-order valence-corrected chi connectivity index (χ3v) is 4.07. The van der Waals surface area contributed by atoms with Gasteiger partial charge in [0.25, 0.3) is 0 Å². The largest absolute Gasteiger partial charge is 0.378 e. The van der Waals surface area contributed by atoms with Crippen molar-refractivity contribution in [2.45, 2.75) is 25.7 Å². The molecule has 0 saturated heterocycles. The Bertz CT molecular complexity index is 342. The Morgan fingerprint density at radius 3 is 2.35 bits per heavy atom. The van der Waals surface area contributed by atoms with E-state index in [4.69, 9.17) is 5.73 Å². The molecule has 1 aliphatic carbocycles. The highest BCUT2D eigenvalue weighted by Crippen LogP contribution is 2.33. The molecule has 0 aromatic heterocycles. The van der Waals surface area contributed by atoms with E-state index in [0.29, 0.717) is 0 Å². The summed E-state index contributed by atoms with van der Waals surface area (Å²) >= 11 is 0. The Hall–Kier alpha value is -1.02. The second-order valence-electron chi connectivity index (χ2n) is 5.45. The van der Waals surface area contributed by atoms with Gasteiger partial charge in [0.2, 0.25) is 0 Å². The molecule has 0 radical (unpaired) electrons. The van der Waals surface area contributed by atoms with Crippen molar-refractivity contribution in [3.63, 3.8) is 0 Å². The second-order valence-corrected chi connectivity index (χ2v) is 5.45. The molecule has 2 atom stereocenters. The maximum atomic E-state index is 5.84. The van der Waals surface area contributed by atoms with E-state index in [1.54, 1.807) is 0 Å². The molecule has 1 aromatic rings. The van der Waals surface area contributed by atoms with Crippen LogP contribution < -0.4 is 10.6 Å². The van der Waals surface area contributed by atoms with Crippen LogP contribution in [-0.2, 0) is 6.42 Å². The van der Waals surface area contributed by atoms with Crippen LogP contribution in [0.25, 0.3) is 0 Å². The molecule has 0 amide bonds. The maximum absolute atomic E-state index is 5.84. The monoisotopic (exact) mass is 232 g/mol. The maximum Gasteiger partial charge on any atom is 0.0361 e. The summed E-state index contributed by atoms with van der Waals surface area (Å²) in [7, 11) is 4.16. The van der Waals surface area contributed by atoms with Crippen molar-refractivity contribution >= 4 is 5.69 Å². The highest BCUT2D eigenvalue weighted by atomic mass is 15.1. The van der Waals surface area contributed by atoms with E-state index in [1.165, 1.54) is 36.9 Å². The second kappa shape index (κ2) is 5.54. The summed E-state index contributed by atoms with van der Waals surface area (Å²) in [6.07, 6.45) is 5.26. The lowest BCUT2D eigenvalue weighted by atomic mass is 9.90. The van der Waals surface area contributed by atoms with Gasteiger partial charge in [-0.3, -0.25) is 0 Å². The number of benzene rings is 1. The Morgan fingerprint density at radius 1 is 1.12 bits per heavy atom. The number of anilines is 1. The molecule has 0 spiro atoms. The molecule has 2 rings (SSSR count). The van der Waals surface area contributed by atoms with Crippen LogP contribution in [0.4, 0.5) is 5.69 Å². The first-order valence-electron chi connectivity index (χ1n) is 6.67. The first-order valence-corrected chi connectivity index (χ1v) is 6.67. The van der Waals surface area contributed by atoms with Gasteiger partial charge in [-0.2, -0.15) is 0 Å². The number of nitrogens with zero attached hydrogens (tertiary/aromatic N) is 1. The molecule has 94 valence electrons. The van der Waals surface area contributed by atoms with Crippen LogP contribution in [0.3, 0.4) is 0 Å². The molecule has 2 nitrogen and oxygen atoms in total. The van der Waals surface area contributed by atoms with Gasteiger partial charge in [0.15, 0.2) is 0 Å². The van der Waals surface area contributed by atoms with Gasteiger partial charge in [-0.25, -0.2) is 0 Å². The van der Waals surface area contributed by atoms with Crippen LogP contribution in [0.15, 0.2) is 24.3 Å². The number of hydrogen-bond donors (Lipinski definition) is 1. The fraction of sp³-hybridized carbons (Fsp3) is 0.600. The van der Waals surface area contributed by atoms with Gasteiger partial charge in [0.1, 0.15) is 0 Å². The summed E-state index contributed by atoms with van der Waals surface area (Å²) in [5, 5.41) is 0. The lowest BCUT2D eigenvalue weighted by Crippen LogP contribution is -2.20. The van der Waals surface area contributed by atoms with Gasteiger partial charge in [-0.15, -0.1) is 0 Å². The zero-order chi connectivity index (χ0) is 12.3. The molecule has 0 bridgehead atoms. The van der Waals surface area contributed by atoms with Crippen LogP contribution >= 0.6 is 0 Å². The average Bonchev–Trinajstić information content (AvgIpc) is 2.77. The lowest BCUT2D eigenvalue weighted by molar-refractivity contribution is 0.394. The molecule has 0 heterocycles. The molecule has 1 aromatic carbocycles. The Balaban J connectivity index is 1.99. The minimum atomic E-state index is 0.753. The van der Waals surface area contributed by atoms with E-state index in [0.717, 1.165) is 18.4 Å². The quantitative estimate of drug-likeness (QED) is 0.865. The summed E-state index contributed by atoms with van der Waals surface area (Å²) in [5.74, 6) is 1.56. The molecule has 2 unspecified atom stereocenters. The van der Waals surface area contributed by atoms with Crippen molar-refractivity contribution in [3.05, 3.63) is 29.8 Å². The van der Waals surface area contributed by atoms with Crippen LogP contribution in [-0.4, -0.2) is 20.6 Å². The molecule has 1 aliphatic rings. The van der Waals surface area contributed by atoms with Gasteiger partial charge in [-0.05, 0) is 55.3 Å². The summed E-state index contributed by atoms with van der Waals surface area (Å²) < 4.78 is 0. The zero-order valence-corrected chi connectivity index (χ0v) is 11.0. The number of rotatable bonds is 4. The van der Waals surface area contributed by atoms with Crippen LogP contribution in [0.5, 0.6) is 0 Å². The van der Waals surface area contributed by atoms with E-state index in [9.17, 15) is 0 Å². The van der Waals surface area contributed by atoms with Crippen molar-refractivity contribution in [1.82, 2.24) is 0 Å². The number of nitrogens with two attached hydrogens (primary N) is 1. The summed E-state index contributed by atoms with van der Waals surface area (Å²) in [6.45, 7) is 0.862. The lowest BCUT2D eigenvalue weighted by Gasteiger charge is -2.18. The first kappa shape index (κ1) is 12.4. The summed E-state index contributed by atoms with van der Waals surface area (Å²) in [6, 6.07) is 8.95. The van der Waals surface area contributed by atoms with Gasteiger partial charge in [0, 0.05) is 19.8 Å². The predicted molar refractivity (Wildman–Crippen MR) is 74.4 cm³/mol. The normalized spacial score (nSPS) is 23.9. The average molecular weight is 232 g/mol. The SMILES string of the molecule is CN(C)c1ccc(CC2CCCC2CN)cc1. The summed E-state index contributed by atoms with van der Waals surface area (Å²) in [5.41, 5.74) is 8.57. The van der Waals surface area contributed by atoms with Crippen LogP contribution in [0.2, 0.25) is 0 Å². The van der Waals surface area contributed by atoms with Crippen LogP contribution in [0.1, 0.15) is 24.8 Å². The first-order chi connectivity index (χ1) is 8.20. The van der Waals surface area contributed by atoms with Crippen molar-refractivity contribution in [2.75, 3.05) is 25.5 Å². The molecular formula is C15H24N2. The smallest absolute Gasteiger partial charge is 0.0361 e. The van der Waals surface area contributed by atoms with Gasteiger partial charge < -0.3 is 10.6 Å². The topological polar surface area (TPSA) is 29.3 Å². The van der Waals surface area contributed by atoms with E-state index < -0.39 is 0 Å². The molecule has 2 N–H and O–H groups in total. The summed E-state index contributed by atoms with van der Waals surface area (Å²) in [4.78, 5) is 2.14. The minimum absolute atomic E-state index is 0.753. The Morgan fingerprint density at radius 2 is 1.76 bits per heavy atom.